The summed E-state index contributed by atoms with van der Waals surface area (Å²) in [6.07, 6.45) is 2.52. The van der Waals surface area contributed by atoms with Crippen LogP contribution in [0.3, 0.4) is 0 Å². The Kier molecular flexibility index (Phi) is 5.93. The van der Waals surface area contributed by atoms with Gasteiger partial charge in [-0.1, -0.05) is 36.4 Å². The monoisotopic (exact) mass is 466 g/mol. The molecule has 0 bridgehead atoms. The molecule has 5 rings (SSSR count). The van der Waals surface area contributed by atoms with E-state index in [0.717, 1.165) is 33.3 Å². The smallest absolute Gasteiger partial charge is 0.335 e. The molecule has 1 aliphatic carbocycles. The van der Waals surface area contributed by atoms with Gasteiger partial charge in [0.1, 0.15) is 0 Å². The molecule has 1 amide bonds. The summed E-state index contributed by atoms with van der Waals surface area (Å²) in [4.78, 5) is 24.5. The first-order chi connectivity index (χ1) is 16.8. The minimum atomic E-state index is -0.929. The normalized spacial score (nSPS) is 14.1. The first-order valence-corrected chi connectivity index (χ1v) is 12.1. The number of aryl methyl sites for hydroxylation is 1. The van der Waals surface area contributed by atoms with Gasteiger partial charge in [0.05, 0.1) is 11.6 Å². The summed E-state index contributed by atoms with van der Waals surface area (Å²) in [5.41, 5.74) is 7.59. The Morgan fingerprint density at radius 1 is 1.00 bits per heavy atom. The number of amides is 1. The maximum absolute atomic E-state index is 13.1. The van der Waals surface area contributed by atoms with E-state index in [1.54, 1.807) is 18.2 Å². The third-order valence-electron chi connectivity index (χ3n) is 7.22. The molecule has 0 saturated heterocycles. The van der Waals surface area contributed by atoms with E-state index >= 15 is 0 Å². The molecule has 1 aromatic heterocycles. The molecular formula is C30H30N2O3. The van der Waals surface area contributed by atoms with E-state index in [9.17, 15) is 14.7 Å². The lowest BCUT2D eigenvalue weighted by molar-refractivity contribution is 0.0696. The second kappa shape index (κ2) is 9.06. The molecule has 4 aromatic rings. The highest BCUT2D eigenvalue weighted by Crippen LogP contribution is 2.40. The number of nitrogens with one attached hydrogen (secondary N) is 1. The van der Waals surface area contributed by atoms with Crippen LogP contribution in [0, 0.1) is 13.8 Å². The van der Waals surface area contributed by atoms with Crippen molar-refractivity contribution in [2.45, 2.75) is 52.1 Å². The second-order valence-electron chi connectivity index (χ2n) is 9.67. The lowest BCUT2D eigenvalue weighted by Gasteiger charge is -2.16. The number of carboxylic acids is 1. The Hall–Kier alpha value is -3.86. The molecule has 1 saturated carbocycles. The van der Waals surface area contributed by atoms with Gasteiger partial charge in [-0.15, -0.1) is 0 Å². The molecular weight excluding hydrogens is 436 g/mol. The van der Waals surface area contributed by atoms with Crippen LogP contribution in [0.5, 0.6) is 0 Å². The molecule has 2 N–H and O–H groups in total. The van der Waals surface area contributed by atoms with Crippen LogP contribution in [0.2, 0.25) is 0 Å². The fourth-order valence-electron chi connectivity index (χ4n) is 4.84. The molecule has 0 radical (unpaired) electrons. The van der Waals surface area contributed by atoms with Crippen molar-refractivity contribution in [1.82, 2.24) is 9.88 Å². The van der Waals surface area contributed by atoms with Gasteiger partial charge in [0, 0.05) is 28.7 Å². The SMILES string of the molecule is Cc1c(C)n(Cc2cccc(C(=O)O)c2)c2ccc(C(=O)NC(C)c3cccc(C4CC4)c3)cc12. The van der Waals surface area contributed by atoms with Gasteiger partial charge >= 0.3 is 5.97 Å². The van der Waals surface area contributed by atoms with Crippen molar-refractivity contribution in [3.05, 3.63) is 106 Å². The van der Waals surface area contributed by atoms with Gasteiger partial charge in [-0.25, -0.2) is 4.79 Å². The number of aromatic carboxylic acids is 1. The van der Waals surface area contributed by atoms with Crippen LogP contribution in [-0.2, 0) is 6.54 Å². The number of fused-ring (bicyclic) bond motifs is 1. The maximum atomic E-state index is 13.1. The van der Waals surface area contributed by atoms with Crippen molar-refractivity contribution in [1.29, 1.82) is 0 Å². The van der Waals surface area contributed by atoms with Crippen LogP contribution in [0.15, 0.2) is 66.7 Å². The minimum absolute atomic E-state index is 0.0779. The molecule has 3 aromatic carbocycles. The Balaban J connectivity index is 1.39. The molecule has 1 fully saturated rings. The zero-order valence-corrected chi connectivity index (χ0v) is 20.3. The number of carbonyl (C=O) groups excluding carboxylic acids is 1. The average molecular weight is 467 g/mol. The highest BCUT2D eigenvalue weighted by Gasteiger charge is 2.24. The van der Waals surface area contributed by atoms with E-state index in [2.05, 4.69) is 48.0 Å². The Morgan fingerprint density at radius 3 is 2.51 bits per heavy atom. The van der Waals surface area contributed by atoms with Gasteiger partial charge in [-0.3, -0.25) is 4.79 Å². The molecule has 1 aliphatic rings. The molecule has 0 aliphatic heterocycles. The summed E-state index contributed by atoms with van der Waals surface area (Å²) in [6.45, 7) is 6.72. The van der Waals surface area contributed by atoms with Crippen molar-refractivity contribution < 1.29 is 14.7 Å². The van der Waals surface area contributed by atoms with Crippen LogP contribution < -0.4 is 5.32 Å². The number of carboxylic acid groups (broad SMARTS) is 1. The van der Waals surface area contributed by atoms with Crippen molar-refractivity contribution in [2.75, 3.05) is 0 Å². The summed E-state index contributed by atoms with van der Waals surface area (Å²) in [6, 6.07) is 21.3. The number of rotatable bonds is 7. The maximum Gasteiger partial charge on any atom is 0.335 e. The van der Waals surface area contributed by atoms with Gasteiger partial charge in [0.2, 0.25) is 0 Å². The van der Waals surface area contributed by atoms with E-state index in [0.29, 0.717) is 18.0 Å². The third-order valence-corrected chi connectivity index (χ3v) is 7.22. The molecule has 1 unspecified atom stereocenters. The van der Waals surface area contributed by atoms with Crippen molar-refractivity contribution >= 4 is 22.8 Å². The van der Waals surface area contributed by atoms with E-state index in [-0.39, 0.29) is 17.5 Å². The minimum Gasteiger partial charge on any atom is -0.478 e. The number of benzene rings is 3. The molecule has 178 valence electrons. The number of nitrogens with zero attached hydrogens (tertiary/aromatic N) is 1. The molecule has 35 heavy (non-hydrogen) atoms. The Labute approximate surface area is 205 Å². The predicted octanol–water partition coefficient (Wildman–Crippen LogP) is 6.37. The van der Waals surface area contributed by atoms with Gasteiger partial charge in [0.25, 0.3) is 5.91 Å². The van der Waals surface area contributed by atoms with E-state index in [4.69, 9.17) is 0 Å². The van der Waals surface area contributed by atoms with Crippen LogP contribution in [-0.4, -0.2) is 21.6 Å². The number of carbonyl (C=O) groups is 2. The number of hydrogen-bond acceptors (Lipinski definition) is 2. The summed E-state index contributed by atoms with van der Waals surface area (Å²) in [5, 5.41) is 13.5. The summed E-state index contributed by atoms with van der Waals surface area (Å²) in [7, 11) is 0. The van der Waals surface area contributed by atoms with Gasteiger partial charge in [0.15, 0.2) is 0 Å². The fourth-order valence-corrected chi connectivity index (χ4v) is 4.84. The van der Waals surface area contributed by atoms with Crippen LogP contribution in [0.4, 0.5) is 0 Å². The predicted molar refractivity (Wildman–Crippen MR) is 138 cm³/mol. The van der Waals surface area contributed by atoms with Crippen molar-refractivity contribution in [3.8, 4) is 0 Å². The molecule has 1 heterocycles. The van der Waals surface area contributed by atoms with Crippen LogP contribution >= 0.6 is 0 Å². The highest BCUT2D eigenvalue weighted by atomic mass is 16.4. The second-order valence-corrected chi connectivity index (χ2v) is 9.67. The standard InChI is InChI=1S/C30H30N2O3/c1-18-20(3)32(17-21-6-4-9-26(14-21)30(34)35)28-13-12-25(16-27(18)28)29(33)31-19(2)23-7-5-8-24(15-23)22-10-11-22/h4-9,12-16,19,22H,10-11,17H2,1-3H3,(H,31,33)(H,34,35). The van der Waals surface area contributed by atoms with Crippen molar-refractivity contribution in [3.63, 3.8) is 0 Å². The highest BCUT2D eigenvalue weighted by molar-refractivity contribution is 5.99. The van der Waals surface area contributed by atoms with Crippen LogP contribution in [0.1, 0.15) is 80.4 Å². The summed E-state index contributed by atoms with van der Waals surface area (Å²) in [5.74, 6) is -0.335. The average Bonchev–Trinajstić information content (AvgIpc) is 3.69. The molecule has 5 heteroatoms. The van der Waals surface area contributed by atoms with E-state index in [1.165, 1.54) is 18.4 Å². The molecule has 5 nitrogen and oxygen atoms in total. The first-order valence-electron chi connectivity index (χ1n) is 12.1. The zero-order valence-electron chi connectivity index (χ0n) is 20.3. The fraction of sp³-hybridized carbons (Fsp3) is 0.267. The zero-order chi connectivity index (χ0) is 24.7. The number of aromatic nitrogens is 1. The lowest BCUT2D eigenvalue weighted by Crippen LogP contribution is -2.26. The largest absolute Gasteiger partial charge is 0.478 e. The van der Waals surface area contributed by atoms with E-state index < -0.39 is 5.97 Å². The number of hydrogen-bond donors (Lipinski definition) is 2. The Bertz CT molecular complexity index is 1450. The quantitative estimate of drug-likeness (QED) is 0.332. The topological polar surface area (TPSA) is 71.3 Å². The van der Waals surface area contributed by atoms with Gasteiger partial charge in [-0.05, 0) is 92.1 Å². The third kappa shape index (κ3) is 4.59. The molecule has 1 atom stereocenters. The van der Waals surface area contributed by atoms with E-state index in [1.807, 2.05) is 31.2 Å². The van der Waals surface area contributed by atoms with Crippen LogP contribution in [0.25, 0.3) is 10.9 Å². The van der Waals surface area contributed by atoms with Gasteiger partial charge in [-0.2, -0.15) is 0 Å². The summed E-state index contributed by atoms with van der Waals surface area (Å²) < 4.78 is 2.18. The Morgan fingerprint density at radius 2 is 1.77 bits per heavy atom. The molecule has 0 spiro atoms. The van der Waals surface area contributed by atoms with Gasteiger partial charge < -0.3 is 15.0 Å². The lowest BCUT2D eigenvalue weighted by atomic mass is 10.0. The summed E-state index contributed by atoms with van der Waals surface area (Å²) >= 11 is 0. The van der Waals surface area contributed by atoms with Crippen molar-refractivity contribution in [2.24, 2.45) is 0 Å². The first kappa shape index (κ1) is 22.9.